The molecule has 0 bridgehead atoms. The van der Waals surface area contributed by atoms with Crippen molar-refractivity contribution in [2.24, 2.45) is 5.92 Å². The molecule has 3 rings (SSSR count). The van der Waals surface area contributed by atoms with Crippen LogP contribution in [-0.2, 0) is 0 Å². The van der Waals surface area contributed by atoms with E-state index in [1.807, 2.05) is 12.1 Å². The minimum absolute atomic E-state index is 0.154. The van der Waals surface area contributed by atoms with Crippen molar-refractivity contribution in [3.8, 4) is 6.07 Å². The van der Waals surface area contributed by atoms with Gasteiger partial charge >= 0.3 is 0 Å². The molecule has 1 aromatic heterocycles. The highest BCUT2D eigenvalue weighted by molar-refractivity contribution is 6.01. The summed E-state index contributed by atoms with van der Waals surface area (Å²) in [5.74, 6) is 0.693. The summed E-state index contributed by atoms with van der Waals surface area (Å²) in [4.78, 5) is 16.1. The second-order valence-electron chi connectivity index (χ2n) is 4.25. The van der Waals surface area contributed by atoms with Gasteiger partial charge in [-0.2, -0.15) is 5.26 Å². The summed E-state index contributed by atoms with van der Waals surface area (Å²) in [6.07, 6.45) is 3.22. The van der Waals surface area contributed by atoms with Gasteiger partial charge in [0.25, 0.3) is 0 Å². The monoisotopic (exact) mass is 198 g/mol. The number of nitrogens with zero attached hydrogens (tertiary/aromatic N) is 2. The van der Waals surface area contributed by atoms with Crippen molar-refractivity contribution in [3.05, 3.63) is 29.1 Å². The summed E-state index contributed by atoms with van der Waals surface area (Å²) < 4.78 is 0. The molecule has 2 unspecified atom stereocenters. The molecule has 0 saturated heterocycles. The average molecular weight is 198 g/mol. The van der Waals surface area contributed by atoms with Gasteiger partial charge in [0.2, 0.25) is 0 Å². The lowest BCUT2D eigenvalue weighted by Gasteiger charge is -2.06. The molecule has 0 N–H and O–H groups in total. The number of Topliss-reactive ketones (excluding diaryl/α,β-unsaturated/α-hetero) is 1. The number of hydrogen-bond acceptors (Lipinski definition) is 3. The van der Waals surface area contributed by atoms with Crippen LogP contribution in [0, 0.1) is 17.2 Å². The quantitative estimate of drug-likeness (QED) is 0.641. The molecule has 74 valence electrons. The summed E-state index contributed by atoms with van der Waals surface area (Å²) >= 11 is 0. The zero-order valence-electron chi connectivity index (χ0n) is 8.23. The highest BCUT2D eigenvalue weighted by atomic mass is 16.1. The van der Waals surface area contributed by atoms with Gasteiger partial charge in [0.1, 0.15) is 17.5 Å². The molecule has 2 aliphatic rings. The summed E-state index contributed by atoms with van der Waals surface area (Å²) in [6, 6.07) is 5.61. The number of aromatic nitrogens is 1. The summed E-state index contributed by atoms with van der Waals surface area (Å²) in [7, 11) is 0. The molecule has 1 aromatic rings. The second-order valence-corrected chi connectivity index (χ2v) is 4.25. The van der Waals surface area contributed by atoms with Crippen LogP contribution < -0.4 is 0 Å². The molecule has 1 saturated carbocycles. The van der Waals surface area contributed by atoms with E-state index in [2.05, 4.69) is 4.98 Å². The van der Waals surface area contributed by atoms with Crippen LogP contribution in [-0.4, -0.2) is 10.8 Å². The van der Waals surface area contributed by atoms with Crippen LogP contribution >= 0.6 is 0 Å². The minimum atomic E-state index is 0.154. The van der Waals surface area contributed by atoms with Crippen molar-refractivity contribution < 1.29 is 4.79 Å². The number of rotatable bonds is 0. The van der Waals surface area contributed by atoms with Gasteiger partial charge in [0.05, 0.1) is 0 Å². The van der Waals surface area contributed by atoms with E-state index in [1.54, 1.807) is 6.07 Å². The number of ketones is 1. The third kappa shape index (κ3) is 1.05. The predicted molar refractivity (Wildman–Crippen MR) is 53.4 cm³/mol. The SMILES string of the molecule is N#Cc1ccc2c(n1)C(=O)C1CCCC21. The molecule has 15 heavy (non-hydrogen) atoms. The van der Waals surface area contributed by atoms with Crippen molar-refractivity contribution >= 4 is 5.78 Å². The van der Waals surface area contributed by atoms with E-state index in [0.29, 0.717) is 17.3 Å². The van der Waals surface area contributed by atoms with Gasteiger partial charge in [-0.05, 0) is 30.4 Å². The molecular formula is C12H10N2O. The highest BCUT2D eigenvalue weighted by Gasteiger charge is 2.43. The lowest BCUT2D eigenvalue weighted by atomic mass is 9.96. The molecule has 3 heteroatoms. The Morgan fingerprint density at radius 1 is 1.33 bits per heavy atom. The number of fused-ring (bicyclic) bond motifs is 3. The maximum absolute atomic E-state index is 12.0. The fraction of sp³-hybridized carbons (Fsp3) is 0.417. The Hall–Kier alpha value is -1.69. The van der Waals surface area contributed by atoms with Gasteiger partial charge in [-0.15, -0.1) is 0 Å². The smallest absolute Gasteiger partial charge is 0.185 e. The lowest BCUT2D eigenvalue weighted by molar-refractivity contribution is 0.0928. The van der Waals surface area contributed by atoms with Crippen LogP contribution in [0.4, 0.5) is 0 Å². The number of hydrogen-bond donors (Lipinski definition) is 0. The van der Waals surface area contributed by atoms with Gasteiger partial charge in [0, 0.05) is 5.92 Å². The van der Waals surface area contributed by atoms with Gasteiger partial charge < -0.3 is 0 Å². The van der Waals surface area contributed by atoms with E-state index < -0.39 is 0 Å². The van der Waals surface area contributed by atoms with Crippen LogP contribution in [0.25, 0.3) is 0 Å². The minimum Gasteiger partial charge on any atom is -0.292 e. The normalized spacial score (nSPS) is 27.3. The first-order valence-electron chi connectivity index (χ1n) is 5.26. The Kier molecular flexibility index (Phi) is 1.66. The Labute approximate surface area is 87.7 Å². The fourth-order valence-corrected chi connectivity index (χ4v) is 2.85. The summed E-state index contributed by atoms with van der Waals surface area (Å²) in [6.45, 7) is 0. The number of nitriles is 1. The molecule has 0 aromatic carbocycles. The standard InChI is InChI=1S/C12H10N2O/c13-6-7-4-5-9-8-2-1-3-10(8)12(15)11(9)14-7/h4-5,8,10H,1-3H2. The molecular weight excluding hydrogens is 188 g/mol. The second kappa shape index (κ2) is 2.90. The largest absolute Gasteiger partial charge is 0.292 e. The molecule has 1 heterocycles. The van der Waals surface area contributed by atoms with Crippen molar-refractivity contribution in [2.45, 2.75) is 25.2 Å². The Morgan fingerprint density at radius 2 is 2.13 bits per heavy atom. The van der Waals surface area contributed by atoms with Crippen LogP contribution in [0.3, 0.4) is 0 Å². The van der Waals surface area contributed by atoms with Crippen molar-refractivity contribution in [1.82, 2.24) is 4.98 Å². The number of carbonyl (C=O) groups is 1. The third-order valence-corrected chi connectivity index (χ3v) is 3.53. The van der Waals surface area contributed by atoms with Crippen molar-refractivity contribution in [3.63, 3.8) is 0 Å². The van der Waals surface area contributed by atoms with Gasteiger partial charge in [-0.1, -0.05) is 12.5 Å². The predicted octanol–water partition coefficient (Wildman–Crippen LogP) is 2.03. The third-order valence-electron chi connectivity index (χ3n) is 3.53. The van der Waals surface area contributed by atoms with E-state index in [9.17, 15) is 4.79 Å². The van der Waals surface area contributed by atoms with Crippen LogP contribution in [0.2, 0.25) is 0 Å². The maximum Gasteiger partial charge on any atom is 0.185 e. The first-order valence-corrected chi connectivity index (χ1v) is 5.26. The molecule has 0 amide bonds. The first-order chi connectivity index (χ1) is 7.31. The van der Waals surface area contributed by atoms with E-state index in [1.165, 1.54) is 0 Å². The molecule has 0 spiro atoms. The average Bonchev–Trinajstić information content (AvgIpc) is 2.83. The van der Waals surface area contributed by atoms with Crippen molar-refractivity contribution in [1.29, 1.82) is 5.26 Å². The van der Waals surface area contributed by atoms with Crippen LogP contribution in [0.1, 0.15) is 46.9 Å². The van der Waals surface area contributed by atoms with Gasteiger partial charge in [-0.3, -0.25) is 4.79 Å². The number of carbonyl (C=O) groups excluding carboxylic acids is 1. The van der Waals surface area contributed by atoms with Gasteiger partial charge in [-0.25, -0.2) is 4.98 Å². The van der Waals surface area contributed by atoms with Crippen LogP contribution in [0.15, 0.2) is 12.1 Å². The van der Waals surface area contributed by atoms with E-state index in [0.717, 1.165) is 24.8 Å². The number of pyridine rings is 1. The zero-order valence-corrected chi connectivity index (χ0v) is 8.23. The highest BCUT2D eigenvalue weighted by Crippen LogP contribution is 2.47. The Balaban J connectivity index is 2.16. The Morgan fingerprint density at radius 3 is 2.93 bits per heavy atom. The van der Waals surface area contributed by atoms with E-state index >= 15 is 0 Å². The topological polar surface area (TPSA) is 53.8 Å². The van der Waals surface area contributed by atoms with Crippen LogP contribution in [0.5, 0.6) is 0 Å². The summed E-state index contributed by atoms with van der Waals surface area (Å²) in [5, 5.41) is 8.73. The first kappa shape index (κ1) is 8.60. The van der Waals surface area contributed by atoms with E-state index in [-0.39, 0.29) is 11.7 Å². The maximum atomic E-state index is 12.0. The summed E-state index contributed by atoms with van der Waals surface area (Å²) in [5.41, 5.74) is 1.98. The molecule has 1 fully saturated rings. The fourth-order valence-electron chi connectivity index (χ4n) is 2.85. The Bertz CT molecular complexity index is 487. The molecule has 2 atom stereocenters. The van der Waals surface area contributed by atoms with Crippen molar-refractivity contribution in [2.75, 3.05) is 0 Å². The molecule has 3 nitrogen and oxygen atoms in total. The van der Waals surface area contributed by atoms with E-state index in [4.69, 9.17) is 5.26 Å². The zero-order chi connectivity index (χ0) is 10.4. The molecule has 2 aliphatic carbocycles. The lowest BCUT2D eigenvalue weighted by Crippen LogP contribution is -2.08. The van der Waals surface area contributed by atoms with Gasteiger partial charge in [0.15, 0.2) is 5.78 Å². The molecule has 0 aliphatic heterocycles. The molecule has 0 radical (unpaired) electrons.